The summed E-state index contributed by atoms with van der Waals surface area (Å²) in [6, 6.07) is 1.06. The molecule has 11 heteroatoms. The van der Waals surface area contributed by atoms with Gasteiger partial charge in [-0.05, 0) is 49.5 Å². The second-order valence-electron chi connectivity index (χ2n) is 9.44. The minimum atomic E-state index is -3.21. The van der Waals surface area contributed by atoms with E-state index in [-0.39, 0.29) is 12.1 Å². The van der Waals surface area contributed by atoms with Gasteiger partial charge in [-0.2, -0.15) is 4.98 Å². The molecule has 8 nitrogen and oxygen atoms in total. The molecule has 0 radical (unpaired) electrons. The Morgan fingerprint density at radius 1 is 1.19 bits per heavy atom. The van der Waals surface area contributed by atoms with Gasteiger partial charge in [0.1, 0.15) is 5.65 Å². The average molecular weight is 468 g/mol. The number of nitrogens with zero attached hydrogens (tertiary/aromatic N) is 4. The number of hydrogen-bond donors (Lipinski definition) is 1. The number of rotatable bonds is 5. The van der Waals surface area contributed by atoms with Crippen LogP contribution in [0.5, 0.6) is 0 Å². The van der Waals surface area contributed by atoms with Crippen molar-refractivity contribution in [2.24, 2.45) is 17.8 Å². The largest absolute Gasteiger partial charge is 0.351 e. The first-order chi connectivity index (χ1) is 15.1. The van der Waals surface area contributed by atoms with Gasteiger partial charge in [0, 0.05) is 36.8 Å². The summed E-state index contributed by atoms with van der Waals surface area (Å²) in [7, 11) is -3.21. The van der Waals surface area contributed by atoms with Gasteiger partial charge in [-0.15, -0.1) is 0 Å². The summed E-state index contributed by atoms with van der Waals surface area (Å²) in [5.74, 6) is 2.06. The fourth-order valence-electron chi connectivity index (χ4n) is 5.57. The van der Waals surface area contributed by atoms with Crippen molar-refractivity contribution in [1.29, 1.82) is 0 Å². The van der Waals surface area contributed by atoms with Gasteiger partial charge in [-0.25, -0.2) is 26.5 Å². The lowest BCUT2D eigenvalue weighted by Gasteiger charge is -2.30. The molecule has 2 saturated carbocycles. The summed E-state index contributed by atoms with van der Waals surface area (Å²) < 4.78 is 53.5. The SMILES string of the molecule is CC1[C@H]2CC(n3c(=O)c(C(F)F)cc4cnc(NC5CCN(S(C)(=O)=O)CC5)nc43)C[C@@H]12. The number of pyridine rings is 1. The summed E-state index contributed by atoms with van der Waals surface area (Å²) in [4.78, 5) is 21.8. The first-order valence-electron chi connectivity index (χ1n) is 11.1. The van der Waals surface area contributed by atoms with E-state index in [1.54, 1.807) is 0 Å². The quantitative estimate of drug-likeness (QED) is 0.726. The van der Waals surface area contributed by atoms with E-state index in [0.717, 1.165) is 12.8 Å². The zero-order valence-electron chi connectivity index (χ0n) is 18.0. The number of aromatic nitrogens is 3. The van der Waals surface area contributed by atoms with Crippen LogP contribution in [-0.4, -0.2) is 52.6 Å². The number of fused-ring (bicyclic) bond motifs is 2. The molecule has 0 aromatic carbocycles. The fourth-order valence-corrected chi connectivity index (χ4v) is 6.45. The van der Waals surface area contributed by atoms with Crippen molar-refractivity contribution >= 4 is 27.0 Å². The first kappa shape index (κ1) is 21.7. The molecular formula is C21H27F2N5O3S. The number of hydrogen-bond acceptors (Lipinski definition) is 6. The van der Waals surface area contributed by atoms with Crippen LogP contribution in [0.3, 0.4) is 0 Å². The van der Waals surface area contributed by atoms with Gasteiger partial charge in [0.2, 0.25) is 16.0 Å². The molecule has 3 heterocycles. The van der Waals surface area contributed by atoms with Crippen LogP contribution in [-0.2, 0) is 10.0 Å². The molecular weight excluding hydrogens is 440 g/mol. The van der Waals surface area contributed by atoms with Crippen molar-refractivity contribution in [2.45, 2.75) is 51.1 Å². The van der Waals surface area contributed by atoms with Gasteiger partial charge in [-0.1, -0.05) is 6.92 Å². The van der Waals surface area contributed by atoms with E-state index in [4.69, 9.17) is 0 Å². The molecule has 4 atom stereocenters. The Balaban J connectivity index is 1.45. The van der Waals surface area contributed by atoms with Crippen LogP contribution < -0.4 is 10.9 Å². The predicted molar refractivity (Wildman–Crippen MR) is 116 cm³/mol. The van der Waals surface area contributed by atoms with Gasteiger partial charge >= 0.3 is 0 Å². The minimum Gasteiger partial charge on any atom is -0.351 e. The number of alkyl halides is 2. The molecule has 1 saturated heterocycles. The van der Waals surface area contributed by atoms with E-state index >= 15 is 0 Å². The Morgan fingerprint density at radius 2 is 1.84 bits per heavy atom. The highest BCUT2D eigenvalue weighted by atomic mass is 32.2. The summed E-state index contributed by atoms with van der Waals surface area (Å²) >= 11 is 0. The van der Waals surface area contributed by atoms with Crippen LogP contribution in [0.4, 0.5) is 14.7 Å². The van der Waals surface area contributed by atoms with E-state index in [1.807, 2.05) is 0 Å². The van der Waals surface area contributed by atoms with Crippen molar-refractivity contribution in [3.63, 3.8) is 0 Å². The molecule has 0 bridgehead atoms. The van der Waals surface area contributed by atoms with Crippen molar-refractivity contribution in [2.75, 3.05) is 24.7 Å². The Kier molecular flexibility index (Phi) is 5.23. The molecule has 32 heavy (non-hydrogen) atoms. The molecule has 2 aromatic rings. The Labute approximate surface area is 185 Å². The highest BCUT2D eigenvalue weighted by Crippen LogP contribution is 2.60. The summed E-state index contributed by atoms with van der Waals surface area (Å²) in [5, 5.41) is 3.66. The molecule has 5 rings (SSSR count). The second kappa shape index (κ2) is 7.72. The number of anilines is 1. The third-order valence-corrected chi connectivity index (χ3v) is 8.81. The molecule has 2 unspecified atom stereocenters. The number of piperidine rings is 1. The van der Waals surface area contributed by atoms with Crippen molar-refractivity contribution in [3.05, 3.63) is 28.2 Å². The zero-order chi connectivity index (χ0) is 22.8. The van der Waals surface area contributed by atoms with E-state index in [0.29, 0.717) is 60.7 Å². The van der Waals surface area contributed by atoms with Gasteiger partial charge in [-0.3, -0.25) is 9.36 Å². The molecule has 0 amide bonds. The van der Waals surface area contributed by atoms with E-state index < -0.39 is 27.6 Å². The van der Waals surface area contributed by atoms with Crippen LogP contribution in [0.2, 0.25) is 0 Å². The number of sulfonamides is 1. The topological polar surface area (TPSA) is 97.2 Å². The Hall–Kier alpha value is -2.14. The van der Waals surface area contributed by atoms with Gasteiger partial charge < -0.3 is 5.32 Å². The molecule has 3 fully saturated rings. The molecule has 174 valence electrons. The standard InChI is InChI=1S/C21H27F2N5O3S/c1-11-15-8-14(9-16(11)15)28-19-12(7-17(18(22)23)20(28)29)10-24-21(26-19)25-13-3-5-27(6-4-13)32(2,30)31/h7,10-11,13-16,18H,3-6,8-9H2,1-2H3,(H,24,25,26)/t11?,14?,15-,16+. The Morgan fingerprint density at radius 3 is 2.44 bits per heavy atom. The fraction of sp³-hybridized carbons (Fsp3) is 0.667. The monoisotopic (exact) mass is 467 g/mol. The predicted octanol–water partition coefficient (Wildman–Crippen LogP) is 2.78. The Bertz CT molecular complexity index is 1200. The molecule has 1 N–H and O–H groups in total. The van der Waals surface area contributed by atoms with Crippen LogP contribution in [0, 0.1) is 17.8 Å². The molecule has 3 aliphatic rings. The summed E-state index contributed by atoms with van der Waals surface area (Å²) in [5.41, 5.74) is -0.800. The molecule has 1 aliphatic heterocycles. The van der Waals surface area contributed by atoms with E-state index in [1.165, 1.54) is 27.4 Å². The van der Waals surface area contributed by atoms with Crippen molar-refractivity contribution in [3.8, 4) is 0 Å². The highest BCUT2D eigenvalue weighted by molar-refractivity contribution is 7.88. The second-order valence-corrected chi connectivity index (χ2v) is 11.4. The highest BCUT2D eigenvalue weighted by Gasteiger charge is 2.54. The zero-order valence-corrected chi connectivity index (χ0v) is 18.9. The maximum Gasteiger partial charge on any atom is 0.269 e. The molecule has 2 aromatic heterocycles. The van der Waals surface area contributed by atoms with Crippen molar-refractivity contribution in [1.82, 2.24) is 18.8 Å². The van der Waals surface area contributed by atoms with Crippen molar-refractivity contribution < 1.29 is 17.2 Å². The lowest BCUT2D eigenvalue weighted by atomic mass is 10.1. The number of halogens is 2. The summed E-state index contributed by atoms with van der Waals surface area (Å²) in [6.45, 7) is 3.02. The number of nitrogens with one attached hydrogen (secondary N) is 1. The minimum absolute atomic E-state index is 0.00839. The van der Waals surface area contributed by atoms with Crippen LogP contribution in [0.25, 0.3) is 11.0 Å². The molecule has 0 spiro atoms. The maximum absolute atomic E-state index is 13.6. The summed E-state index contributed by atoms with van der Waals surface area (Å²) in [6.07, 6.45) is 2.66. The van der Waals surface area contributed by atoms with Crippen LogP contribution in [0.15, 0.2) is 17.1 Å². The smallest absolute Gasteiger partial charge is 0.269 e. The lowest BCUT2D eigenvalue weighted by molar-refractivity contribution is 0.149. The van der Waals surface area contributed by atoms with Gasteiger partial charge in [0.15, 0.2) is 0 Å². The average Bonchev–Trinajstić information content (AvgIpc) is 3.13. The lowest BCUT2D eigenvalue weighted by Crippen LogP contribution is -2.42. The van der Waals surface area contributed by atoms with Gasteiger partial charge in [0.05, 0.1) is 11.8 Å². The van der Waals surface area contributed by atoms with Crippen LogP contribution in [0.1, 0.15) is 50.6 Å². The molecule has 2 aliphatic carbocycles. The van der Waals surface area contributed by atoms with Gasteiger partial charge in [0.25, 0.3) is 12.0 Å². The third kappa shape index (κ3) is 3.79. The first-order valence-corrected chi connectivity index (χ1v) is 12.9. The van der Waals surface area contributed by atoms with E-state index in [2.05, 4.69) is 22.2 Å². The third-order valence-electron chi connectivity index (χ3n) is 7.51. The van der Waals surface area contributed by atoms with Crippen LogP contribution >= 0.6 is 0 Å². The maximum atomic E-state index is 13.6. The normalized spacial score (nSPS) is 28.9. The van der Waals surface area contributed by atoms with E-state index in [9.17, 15) is 22.0 Å².